The number of benzene rings is 1. The van der Waals surface area contributed by atoms with Crippen molar-refractivity contribution in [3.05, 3.63) is 29.8 Å². The van der Waals surface area contributed by atoms with Gasteiger partial charge in [0.05, 0.1) is 6.54 Å². The Morgan fingerprint density at radius 3 is 2.43 bits per heavy atom. The number of rotatable bonds is 5. The number of aryl methyl sites for hydroxylation is 1. The highest BCUT2D eigenvalue weighted by atomic mass is 16.2. The summed E-state index contributed by atoms with van der Waals surface area (Å²) in [6.07, 6.45) is 4.35. The van der Waals surface area contributed by atoms with Crippen LogP contribution >= 0.6 is 0 Å². The SMILES string of the molecule is CCN(CC(=O)Nc1ccc(C)cc1)C1CCC(N)CC1. The summed E-state index contributed by atoms with van der Waals surface area (Å²) in [5.41, 5.74) is 8.02. The molecule has 0 saturated heterocycles. The van der Waals surface area contributed by atoms with E-state index in [1.54, 1.807) is 0 Å². The van der Waals surface area contributed by atoms with Crippen molar-refractivity contribution < 1.29 is 4.79 Å². The molecule has 1 aliphatic carbocycles. The fraction of sp³-hybridized carbons (Fsp3) is 0.588. The Morgan fingerprint density at radius 2 is 1.86 bits per heavy atom. The molecule has 21 heavy (non-hydrogen) atoms. The van der Waals surface area contributed by atoms with Gasteiger partial charge in [0.1, 0.15) is 0 Å². The Hall–Kier alpha value is -1.39. The molecule has 1 fully saturated rings. The lowest BCUT2D eigenvalue weighted by atomic mass is 9.91. The molecule has 0 aromatic heterocycles. The third kappa shape index (κ3) is 4.83. The van der Waals surface area contributed by atoms with Crippen LogP contribution in [-0.2, 0) is 4.79 Å². The number of nitrogens with two attached hydrogens (primary N) is 1. The van der Waals surface area contributed by atoms with Gasteiger partial charge in [-0.1, -0.05) is 24.6 Å². The molecule has 0 heterocycles. The fourth-order valence-corrected chi connectivity index (χ4v) is 2.99. The van der Waals surface area contributed by atoms with E-state index in [2.05, 4.69) is 17.1 Å². The van der Waals surface area contributed by atoms with Crippen LogP contribution in [0.3, 0.4) is 0 Å². The molecule has 1 amide bonds. The maximum Gasteiger partial charge on any atom is 0.238 e. The molecular weight excluding hydrogens is 262 g/mol. The highest BCUT2D eigenvalue weighted by molar-refractivity contribution is 5.92. The highest BCUT2D eigenvalue weighted by Gasteiger charge is 2.24. The summed E-state index contributed by atoms with van der Waals surface area (Å²) in [6.45, 7) is 5.53. The summed E-state index contributed by atoms with van der Waals surface area (Å²) in [5.74, 6) is 0.0653. The summed E-state index contributed by atoms with van der Waals surface area (Å²) < 4.78 is 0. The zero-order valence-corrected chi connectivity index (χ0v) is 13.1. The van der Waals surface area contributed by atoms with Gasteiger partial charge in [-0.3, -0.25) is 9.69 Å². The number of amides is 1. The summed E-state index contributed by atoms with van der Waals surface area (Å²) in [7, 11) is 0. The number of hydrogen-bond donors (Lipinski definition) is 2. The molecule has 3 N–H and O–H groups in total. The molecule has 1 aliphatic rings. The predicted molar refractivity (Wildman–Crippen MR) is 87.3 cm³/mol. The molecular formula is C17H27N3O. The fourth-order valence-electron chi connectivity index (χ4n) is 2.99. The molecule has 116 valence electrons. The number of anilines is 1. The first-order valence-electron chi connectivity index (χ1n) is 7.94. The molecule has 4 heteroatoms. The molecule has 1 aromatic rings. The lowest BCUT2D eigenvalue weighted by Crippen LogP contribution is -2.44. The second-order valence-electron chi connectivity index (χ2n) is 6.05. The number of carbonyl (C=O) groups is 1. The molecule has 0 spiro atoms. The molecule has 0 atom stereocenters. The number of nitrogens with one attached hydrogen (secondary N) is 1. The van der Waals surface area contributed by atoms with Crippen LogP contribution in [0.4, 0.5) is 5.69 Å². The molecule has 1 saturated carbocycles. The lowest BCUT2D eigenvalue weighted by molar-refractivity contribution is -0.118. The number of hydrogen-bond acceptors (Lipinski definition) is 3. The van der Waals surface area contributed by atoms with Gasteiger partial charge < -0.3 is 11.1 Å². The van der Waals surface area contributed by atoms with Crippen LogP contribution in [-0.4, -0.2) is 36.0 Å². The van der Waals surface area contributed by atoms with Gasteiger partial charge in [0.25, 0.3) is 0 Å². The van der Waals surface area contributed by atoms with E-state index in [0.29, 0.717) is 18.6 Å². The Labute approximate surface area is 127 Å². The van der Waals surface area contributed by atoms with Gasteiger partial charge in [-0.2, -0.15) is 0 Å². The first kappa shape index (κ1) is 16.0. The summed E-state index contributed by atoms with van der Waals surface area (Å²) in [6, 6.07) is 8.76. The van der Waals surface area contributed by atoms with Crippen LogP contribution in [0.25, 0.3) is 0 Å². The van der Waals surface area contributed by atoms with Gasteiger partial charge in [0, 0.05) is 17.8 Å². The van der Waals surface area contributed by atoms with Crippen molar-refractivity contribution in [2.75, 3.05) is 18.4 Å². The van der Waals surface area contributed by atoms with Gasteiger partial charge in [-0.15, -0.1) is 0 Å². The van der Waals surface area contributed by atoms with Crippen molar-refractivity contribution in [2.24, 2.45) is 5.73 Å². The monoisotopic (exact) mass is 289 g/mol. The van der Waals surface area contributed by atoms with Crippen molar-refractivity contribution in [3.63, 3.8) is 0 Å². The number of carbonyl (C=O) groups excluding carboxylic acids is 1. The van der Waals surface area contributed by atoms with Crippen LogP contribution in [0.15, 0.2) is 24.3 Å². The highest BCUT2D eigenvalue weighted by Crippen LogP contribution is 2.22. The largest absolute Gasteiger partial charge is 0.328 e. The minimum absolute atomic E-state index is 0.0653. The van der Waals surface area contributed by atoms with Gasteiger partial charge in [-0.25, -0.2) is 0 Å². The van der Waals surface area contributed by atoms with Gasteiger partial charge in [0.2, 0.25) is 5.91 Å². The van der Waals surface area contributed by atoms with E-state index >= 15 is 0 Å². The number of nitrogens with zero attached hydrogens (tertiary/aromatic N) is 1. The second-order valence-corrected chi connectivity index (χ2v) is 6.05. The van der Waals surface area contributed by atoms with Gasteiger partial charge in [0.15, 0.2) is 0 Å². The van der Waals surface area contributed by atoms with Gasteiger partial charge >= 0.3 is 0 Å². The van der Waals surface area contributed by atoms with E-state index < -0.39 is 0 Å². The molecule has 1 aromatic carbocycles. The standard InChI is InChI=1S/C17H27N3O/c1-3-20(16-10-6-14(18)7-11-16)12-17(21)19-15-8-4-13(2)5-9-15/h4-5,8-9,14,16H,3,6-7,10-12,18H2,1-2H3,(H,19,21). The molecule has 0 unspecified atom stereocenters. The maximum absolute atomic E-state index is 12.2. The van der Waals surface area contributed by atoms with Crippen molar-refractivity contribution in [3.8, 4) is 0 Å². The van der Waals surface area contributed by atoms with E-state index in [1.807, 2.05) is 31.2 Å². The lowest BCUT2D eigenvalue weighted by Gasteiger charge is -2.34. The summed E-state index contributed by atoms with van der Waals surface area (Å²) in [5, 5.41) is 2.98. The Morgan fingerprint density at radius 1 is 1.24 bits per heavy atom. The Bertz CT molecular complexity index is 450. The van der Waals surface area contributed by atoms with E-state index in [1.165, 1.54) is 5.56 Å². The van der Waals surface area contributed by atoms with Crippen molar-refractivity contribution >= 4 is 11.6 Å². The minimum Gasteiger partial charge on any atom is -0.328 e. The molecule has 0 aliphatic heterocycles. The Kier molecular flexibility index (Phi) is 5.76. The van der Waals surface area contributed by atoms with Crippen LogP contribution in [0, 0.1) is 6.92 Å². The summed E-state index contributed by atoms with van der Waals surface area (Å²) >= 11 is 0. The van der Waals surface area contributed by atoms with E-state index in [0.717, 1.165) is 37.9 Å². The van der Waals surface area contributed by atoms with E-state index in [-0.39, 0.29) is 5.91 Å². The van der Waals surface area contributed by atoms with Crippen LogP contribution in [0.2, 0.25) is 0 Å². The molecule has 0 bridgehead atoms. The van der Waals surface area contributed by atoms with Crippen molar-refractivity contribution in [2.45, 2.75) is 51.6 Å². The third-order valence-corrected chi connectivity index (χ3v) is 4.35. The van der Waals surface area contributed by atoms with E-state index in [9.17, 15) is 4.79 Å². The van der Waals surface area contributed by atoms with Crippen LogP contribution < -0.4 is 11.1 Å². The van der Waals surface area contributed by atoms with E-state index in [4.69, 9.17) is 5.73 Å². The average Bonchev–Trinajstić information content (AvgIpc) is 2.48. The molecule has 0 radical (unpaired) electrons. The quantitative estimate of drug-likeness (QED) is 0.875. The Balaban J connectivity index is 1.86. The molecule has 4 nitrogen and oxygen atoms in total. The zero-order chi connectivity index (χ0) is 15.2. The second kappa shape index (κ2) is 7.57. The minimum atomic E-state index is 0.0653. The predicted octanol–water partition coefficient (Wildman–Crippen LogP) is 2.53. The number of likely N-dealkylation sites (N-methyl/N-ethyl adjacent to an activating group) is 1. The summed E-state index contributed by atoms with van der Waals surface area (Å²) in [4.78, 5) is 14.5. The van der Waals surface area contributed by atoms with Gasteiger partial charge in [-0.05, 0) is 51.3 Å². The smallest absolute Gasteiger partial charge is 0.238 e. The first-order valence-corrected chi connectivity index (χ1v) is 7.94. The zero-order valence-electron chi connectivity index (χ0n) is 13.1. The third-order valence-electron chi connectivity index (χ3n) is 4.35. The van der Waals surface area contributed by atoms with Crippen molar-refractivity contribution in [1.29, 1.82) is 0 Å². The molecule has 2 rings (SSSR count). The maximum atomic E-state index is 12.2. The normalized spacial score (nSPS) is 22.3. The van der Waals surface area contributed by atoms with Crippen molar-refractivity contribution in [1.82, 2.24) is 4.90 Å². The topological polar surface area (TPSA) is 58.4 Å². The first-order chi connectivity index (χ1) is 10.1. The average molecular weight is 289 g/mol. The van der Waals surface area contributed by atoms with Crippen LogP contribution in [0.1, 0.15) is 38.2 Å². The van der Waals surface area contributed by atoms with Crippen LogP contribution in [0.5, 0.6) is 0 Å².